The van der Waals surface area contributed by atoms with Crippen molar-refractivity contribution < 1.29 is 8.42 Å². The lowest BCUT2D eigenvalue weighted by molar-refractivity contribution is 0.590. The van der Waals surface area contributed by atoms with Gasteiger partial charge in [-0.2, -0.15) is 13.1 Å². The highest BCUT2D eigenvalue weighted by molar-refractivity contribution is 7.89. The molecule has 0 amide bonds. The molecule has 0 aliphatic rings. The highest BCUT2D eigenvalue weighted by atomic mass is 35.5. The van der Waals surface area contributed by atoms with Gasteiger partial charge in [-0.15, -0.1) is 0 Å². The zero-order chi connectivity index (χ0) is 14.9. The van der Waals surface area contributed by atoms with Crippen molar-refractivity contribution in [3.05, 3.63) is 52.5 Å². The molecular formula is C14H14ClN2O2S. The summed E-state index contributed by atoms with van der Waals surface area (Å²) in [6.45, 7) is 3.74. The molecule has 6 heteroatoms. The third-order valence-corrected chi connectivity index (χ3v) is 4.58. The Bertz CT molecular complexity index is 758. The number of sulfonamides is 1. The topological polar surface area (TPSA) is 74.3 Å². The predicted molar refractivity (Wildman–Crippen MR) is 80.8 cm³/mol. The van der Waals surface area contributed by atoms with Gasteiger partial charge in [0.15, 0.2) is 0 Å². The molecular weight excluding hydrogens is 296 g/mol. The van der Waals surface area contributed by atoms with Gasteiger partial charge in [0.05, 0.1) is 10.7 Å². The summed E-state index contributed by atoms with van der Waals surface area (Å²) in [4.78, 5) is -0.0841. The Morgan fingerprint density at radius 1 is 1.10 bits per heavy atom. The molecule has 4 nitrogen and oxygen atoms in total. The molecule has 1 radical (unpaired) electrons. The lowest BCUT2D eigenvalue weighted by Crippen LogP contribution is -2.13. The molecule has 0 bridgehead atoms. The van der Waals surface area contributed by atoms with Crippen LogP contribution in [-0.4, -0.2) is 8.42 Å². The lowest BCUT2D eigenvalue weighted by Gasteiger charge is -2.10. The van der Waals surface area contributed by atoms with Crippen molar-refractivity contribution in [3.63, 3.8) is 0 Å². The number of aryl methyl sites for hydroxylation is 2. The van der Waals surface area contributed by atoms with Crippen LogP contribution < -0.4 is 10.5 Å². The van der Waals surface area contributed by atoms with Crippen LogP contribution >= 0.6 is 11.6 Å². The molecule has 2 aromatic carbocycles. The van der Waals surface area contributed by atoms with Crippen LogP contribution in [0, 0.1) is 13.8 Å². The van der Waals surface area contributed by atoms with Crippen LogP contribution in [0.5, 0.6) is 0 Å². The molecule has 2 N–H and O–H groups in total. The summed E-state index contributed by atoms with van der Waals surface area (Å²) in [6, 6.07) is 9.64. The molecule has 2 aromatic rings. The van der Waals surface area contributed by atoms with Gasteiger partial charge in [0.2, 0.25) is 0 Å². The van der Waals surface area contributed by atoms with Gasteiger partial charge in [-0.25, -0.2) is 0 Å². The van der Waals surface area contributed by atoms with Crippen LogP contribution in [0.3, 0.4) is 0 Å². The Morgan fingerprint density at radius 3 is 2.45 bits per heavy atom. The Morgan fingerprint density at radius 2 is 1.80 bits per heavy atom. The van der Waals surface area contributed by atoms with Crippen LogP contribution in [0.4, 0.5) is 11.4 Å². The largest absolute Gasteiger partial charge is 0.399 e. The first-order valence-corrected chi connectivity index (χ1v) is 7.72. The van der Waals surface area contributed by atoms with E-state index in [1.807, 2.05) is 26.0 Å². The van der Waals surface area contributed by atoms with E-state index in [4.69, 9.17) is 17.3 Å². The summed E-state index contributed by atoms with van der Waals surface area (Å²) >= 11 is 5.92. The van der Waals surface area contributed by atoms with Gasteiger partial charge >= 0.3 is 0 Å². The second-order valence-electron chi connectivity index (χ2n) is 4.55. The number of rotatable bonds is 3. The first-order valence-electron chi connectivity index (χ1n) is 5.90. The third kappa shape index (κ3) is 3.05. The fourth-order valence-electron chi connectivity index (χ4n) is 1.80. The number of hydrogen-bond acceptors (Lipinski definition) is 3. The molecule has 0 fully saturated rings. The van der Waals surface area contributed by atoms with E-state index in [0.717, 1.165) is 11.1 Å². The number of anilines is 1. The minimum atomic E-state index is -3.89. The van der Waals surface area contributed by atoms with Crippen molar-refractivity contribution in [1.29, 1.82) is 0 Å². The van der Waals surface area contributed by atoms with Gasteiger partial charge < -0.3 is 5.73 Å². The molecule has 0 saturated carbocycles. The van der Waals surface area contributed by atoms with Crippen molar-refractivity contribution in [2.24, 2.45) is 0 Å². The van der Waals surface area contributed by atoms with E-state index in [1.54, 1.807) is 12.1 Å². The van der Waals surface area contributed by atoms with Crippen molar-refractivity contribution in [2.45, 2.75) is 18.7 Å². The van der Waals surface area contributed by atoms with Gasteiger partial charge in [0.1, 0.15) is 4.90 Å². The Balaban J connectivity index is 2.43. The zero-order valence-electron chi connectivity index (χ0n) is 11.1. The van der Waals surface area contributed by atoms with E-state index in [2.05, 4.69) is 4.72 Å². The highest BCUT2D eigenvalue weighted by Gasteiger charge is 2.21. The maximum absolute atomic E-state index is 12.3. The molecule has 0 atom stereocenters. The SMILES string of the molecule is Cc1ccc([N]S(=O)(=O)c2cc(N)ccc2Cl)c(C)c1. The van der Waals surface area contributed by atoms with Crippen LogP contribution in [0.15, 0.2) is 41.3 Å². The van der Waals surface area contributed by atoms with Gasteiger partial charge in [-0.05, 0) is 43.7 Å². The van der Waals surface area contributed by atoms with Crippen molar-refractivity contribution in [1.82, 2.24) is 4.72 Å². The van der Waals surface area contributed by atoms with E-state index < -0.39 is 10.0 Å². The van der Waals surface area contributed by atoms with Gasteiger partial charge in [0, 0.05) is 5.69 Å². The quantitative estimate of drug-likeness (QED) is 0.885. The average molecular weight is 310 g/mol. The second-order valence-corrected chi connectivity index (χ2v) is 6.53. The van der Waals surface area contributed by atoms with Crippen molar-refractivity contribution >= 4 is 33.0 Å². The average Bonchev–Trinajstić information content (AvgIpc) is 2.35. The molecule has 0 aromatic heterocycles. The van der Waals surface area contributed by atoms with Gasteiger partial charge in [-0.1, -0.05) is 29.3 Å². The minimum Gasteiger partial charge on any atom is -0.399 e. The molecule has 0 unspecified atom stereocenters. The Kier molecular flexibility index (Phi) is 3.92. The summed E-state index contributed by atoms with van der Waals surface area (Å²) in [5.41, 5.74) is 8.15. The molecule has 0 saturated heterocycles. The smallest absolute Gasteiger partial charge is 0.284 e. The first kappa shape index (κ1) is 14.7. The fraction of sp³-hybridized carbons (Fsp3) is 0.143. The molecule has 0 heterocycles. The summed E-state index contributed by atoms with van der Waals surface area (Å²) < 4.78 is 28.4. The fourth-order valence-corrected chi connectivity index (χ4v) is 3.38. The number of benzene rings is 2. The highest BCUT2D eigenvalue weighted by Crippen LogP contribution is 2.27. The molecule has 2 rings (SSSR count). The summed E-state index contributed by atoms with van der Waals surface area (Å²) in [7, 11) is -3.89. The first-order chi connectivity index (χ1) is 9.29. The predicted octanol–water partition coefficient (Wildman–Crippen LogP) is 3.16. The van der Waals surface area contributed by atoms with Crippen LogP contribution in [0.2, 0.25) is 5.02 Å². The molecule has 0 aliphatic carbocycles. The molecule has 0 aliphatic heterocycles. The van der Waals surface area contributed by atoms with E-state index in [9.17, 15) is 8.42 Å². The van der Waals surface area contributed by atoms with E-state index in [-0.39, 0.29) is 9.92 Å². The normalized spacial score (nSPS) is 11.3. The number of nitrogens with zero attached hydrogens (tertiary/aromatic N) is 1. The number of halogens is 1. The number of hydrogen-bond donors (Lipinski definition) is 1. The molecule has 20 heavy (non-hydrogen) atoms. The van der Waals surface area contributed by atoms with E-state index in [1.165, 1.54) is 12.1 Å². The monoisotopic (exact) mass is 309 g/mol. The zero-order valence-corrected chi connectivity index (χ0v) is 12.7. The Labute approximate surface area is 123 Å². The van der Waals surface area contributed by atoms with Crippen molar-refractivity contribution in [3.8, 4) is 0 Å². The third-order valence-electron chi connectivity index (χ3n) is 2.80. The van der Waals surface area contributed by atoms with E-state index >= 15 is 0 Å². The second kappa shape index (κ2) is 5.34. The van der Waals surface area contributed by atoms with Crippen LogP contribution in [-0.2, 0) is 10.0 Å². The van der Waals surface area contributed by atoms with Gasteiger partial charge in [0.25, 0.3) is 10.0 Å². The maximum atomic E-state index is 12.3. The standard InChI is InChI=1S/C14H14ClN2O2S/c1-9-3-6-13(10(2)7-9)17-20(18,19)14-8-11(16)4-5-12(14)15/h3-8H,16H2,1-2H3. The number of nitrogens with two attached hydrogens (primary N) is 1. The summed E-state index contributed by atoms with van der Waals surface area (Å²) in [5.74, 6) is 0. The van der Waals surface area contributed by atoms with Crippen molar-refractivity contribution in [2.75, 3.05) is 5.73 Å². The summed E-state index contributed by atoms with van der Waals surface area (Å²) in [6.07, 6.45) is 0. The lowest BCUT2D eigenvalue weighted by atomic mass is 10.1. The van der Waals surface area contributed by atoms with Gasteiger partial charge in [-0.3, -0.25) is 0 Å². The molecule has 0 spiro atoms. The van der Waals surface area contributed by atoms with E-state index in [0.29, 0.717) is 11.4 Å². The van der Waals surface area contributed by atoms with Crippen LogP contribution in [0.25, 0.3) is 0 Å². The number of nitrogen functional groups attached to an aromatic ring is 1. The Hall–Kier alpha value is -1.72. The maximum Gasteiger partial charge on any atom is 0.284 e. The minimum absolute atomic E-state index is 0.0841. The molecule has 105 valence electrons. The summed E-state index contributed by atoms with van der Waals surface area (Å²) in [5, 5.41) is 0.104. The van der Waals surface area contributed by atoms with Crippen LogP contribution in [0.1, 0.15) is 11.1 Å².